The quantitative estimate of drug-likeness (QED) is 0.196. The molecule has 238 valence electrons. The molecule has 0 fully saturated rings. The van der Waals surface area contributed by atoms with E-state index in [0.717, 1.165) is 30.5 Å². The molecular weight excluding hydrogens is 567 g/mol. The van der Waals surface area contributed by atoms with Crippen LogP contribution in [0.25, 0.3) is 6.08 Å². The van der Waals surface area contributed by atoms with Gasteiger partial charge < -0.3 is 19.6 Å². The molecule has 0 amide bonds. The number of halogens is 1. The van der Waals surface area contributed by atoms with Gasteiger partial charge in [0, 0.05) is 55.5 Å². The van der Waals surface area contributed by atoms with E-state index < -0.39 is 0 Å². The third-order valence-corrected chi connectivity index (χ3v) is 8.18. The highest BCUT2D eigenvalue weighted by atomic mass is 19.1. The van der Waals surface area contributed by atoms with Gasteiger partial charge in [0.15, 0.2) is 0 Å². The summed E-state index contributed by atoms with van der Waals surface area (Å²) < 4.78 is 32.2. The van der Waals surface area contributed by atoms with Gasteiger partial charge >= 0.3 is 0 Å². The number of fused-ring (bicyclic) bond motifs is 1. The lowest BCUT2D eigenvalue weighted by molar-refractivity contribution is 0.0787. The van der Waals surface area contributed by atoms with E-state index in [1.165, 1.54) is 23.5 Å². The number of methoxy groups -OCH3 is 2. The van der Waals surface area contributed by atoms with Crippen molar-refractivity contribution in [3.8, 4) is 11.6 Å². The molecule has 3 aromatic rings. The van der Waals surface area contributed by atoms with Crippen molar-refractivity contribution in [3.05, 3.63) is 100 Å². The largest absolute Gasteiger partial charge is 0.498 e. The average Bonchev–Trinajstić information content (AvgIpc) is 3.02. The van der Waals surface area contributed by atoms with Crippen molar-refractivity contribution in [1.29, 1.82) is 5.41 Å². The summed E-state index contributed by atoms with van der Waals surface area (Å²) in [6.07, 6.45) is 8.30. The molecule has 0 radical (unpaired) electrons. The lowest BCUT2D eigenvalue weighted by Crippen LogP contribution is -2.23. The monoisotopic (exact) mass is 612 g/mol. The van der Waals surface area contributed by atoms with Gasteiger partial charge in [-0.2, -0.15) is 0 Å². The zero-order valence-electron chi connectivity index (χ0n) is 27.5. The van der Waals surface area contributed by atoms with Crippen molar-refractivity contribution in [3.63, 3.8) is 0 Å². The fourth-order valence-electron chi connectivity index (χ4n) is 5.41. The zero-order valence-corrected chi connectivity index (χ0v) is 27.5. The van der Waals surface area contributed by atoms with Gasteiger partial charge in [-0.05, 0) is 60.6 Å². The van der Waals surface area contributed by atoms with E-state index in [0.29, 0.717) is 40.8 Å². The van der Waals surface area contributed by atoms with Crippen LogP contribution in [0.2, 0.25) is 0 Å². The summed E-state index contributed by atoms with van der Waals surface area (Å²) in [4.78, 5) is 13.3. The van der Waals surface area contributed by atoms with Crippen LogP contribution < -0.4 is 4.74 Å². The normalized spacial score (nSPS) is 16.1. The second kappa shape index (κ2) is 15.2. The molecular formula is C37H45FN4O3. The fraction of sp³-hybridized carbons (Fsp3) is 0.405. The number of ether oxygens (including phenoxy) is 3. The second-order valence-electron chi connectivity index (χ2n) is 12.5. The van der Waals surface area contributed by atoms with Crippen LogP contribution >= 0.6 is 0 Å². The Balaban J connectivity index is 1.46. The predicted molar refractivity (Wildman–Crippen MR) is 179 cm³/mol. The Morgan fingerprint density at radius 2 is 1.87 bits per heavy atom. The first-order valence-corrected chi connectivity index (χ1v) is 15.4. The number of allylic oxidation sites excluding steroid dienone is 2. The van der Waals surface area contributed by atoms with Gasteiger partial charge in [0.2, 0.25) is 5.88 Å². The molecule has 2 atom stereocenters. The van der Waals surface area contributed by atoms with Crippen LogP contribution in [0.5, 0.6) is 11.6 Å². The maximum atomic E-state index is 15.0. The Morgan fingerprint density at radius 3 is 2.53 bits per heavy atom. The Bertz CT molecular complexity index is 1570. The number of nitrogens with zero attached hydrogens (tertiary/aromatic N) is 3. The van der Waals surface area contributed by atoms with E-state index in [1.807, 2.05) is 26.1 Å². The Morgan fingerprint density at radius 1 is 1.11 bits per heavy atom. The molecule has 7 nitrogen and oxygen atoms in total. The number of nitrogens with one attached hydrogen (secondary N) is 1. The van der Waals surface area contributed by atoms with Gasteiger partial charge in [-0.3, -0.25) is 4.99 Å². The van der Waals surface area contributed by atoms with Gasteiger partial charge in [0.25, 0.3) is 0 Å². The minimum Gasteiger partial charge on any atom is -0.498 e. The lowest BCUT2D eigenvalue weighted by Gasteiger charge is -2.24. The molecule has 0 bridgehead atoms. The maximum absolute atomic E-state index is 15.0. The molecule has 45 heavy (non-hydrogen) atoms. The minimum absolute atomic E-state index is 0.0357. The lowest BCUT2D eigenvalue weighted by atomic mass is 9.86. The van der Waals surface area contributed by atoms with Gasteiger partial charge in [-0.15, -0.1) is 0 Å². The van der Waals surface area contributed by atoms with E-state index in [-0.39, 0.29) is 29.7 Å². The molecule has 0 aliphatic heterocycles. The van der Waals surface area contributed by atoms with Crippen LogP contribution in [-0.4, -0.2) is 48.8 Å². The smallest absolute Gasteiger partial charge is 0.226 e. The van der Waals surface area contributed by atoms with Crippen LogP contribution in [-0.2, 0) is 28.7 Å². The molecule has 8 heteroatoms. The average molecular weight is 613 g/mol. The highest BCUT2D eigenvalue weighted by Crippen LogP contribution is 2.33. The van der Waals surface area contributed by atoms with Crippen molar-refractivity contribution in [1.82, 2.24) is 9.97 Å². The van der Waals surface area contributed by atoms with E-state index in [2.05, 4.69) is 66.1 Å². The SMILES string of the molecule is CN=C(/C=C(/CCC(C)C(=N)Cc1cc(Oc2ncnc3c2CC(OC)C(OC)=C3)ccc1F)Cc1ccccc1)C(C)(C)C. The van der Waals surface area contributed by atoms with Gasteiger partial charge in [-0.1, -0.05) is 63.6 Å². The first-order valence-electron chi connectivity index (χ1n) is 15.4. The molecule has 0 spiro atoms. The highest BCUT2D eigenvalue weighted by Gasteiger charge is 2.27. The molecule has 1 aromatic heterocycles. The highest BCUT2D eigenvalue weighted by molar-refractivity contribution is 5.99. The summed E-state index contributed by atoms with van der Waals surface area (Å²) in [5.41, 5.74) is 5.87. The van der Waals surface area contributed by atoms with Crippen LogP contribution in [0.4, 0.5) is 4.39 Å². The molecule has 4 rings (SSSR count). The third-order valence-electron chi connectivity index (χ3n) is 8.18. The van der Waals surface area contributed by atoms with Gasteiger partial charge in [0.05, 0.1) is 12.8 Å². The number of hydrogen-bond donors (Lipinski definition) is 1. The number of rotatable bonds is 13. The summed E-state index contributed by atoms with van der Waals surface area (Å²) in [6, 6.07) is 15.0. The maximum Gasteiger partial charge on any atom is 0.226 e. The van der Waals surface area contributed by atoms with Crippen molar-refractivity contribution in [2.45, 2.75) is 65.9 Å². The molecule has 1 N–H and O–H groups in total. The third kappa shape index (κ3) is 8.94. The van der Waals surface area contributed by atoms with Crippen molar-refractivity contribution >= 4 is 17.5 Å². The Labute approximate surface area is 266 Å². The number of hydrogen-bond acceptors (Lipinski definition) is 7. The van der Waals surface area contributed by atoms with Crippen LogP contribution in [0.1, 0.15) is 62.9 Å². The van der Waals surface area contributed by atoms with E-state index in [4.69, 9.17) is 19.6 Å². The van der Waals surface area contributed by atoms with Crippen LogP contribution in [0.3, 0.4) is 0 Å². The Hall–Kier alpha value is -4.17. The molecule has 1 aliphatic rings. The number of aliphatic imine (C=N–C) groups is 1. The summed E-state index contributed by atoms with van der Waals surface area (Å²) in [6.45, 7) is 8.54. The number of aromatic nitrogens is 2. The number of benzene rings is 2. The second-order valence-corrected chi connectivity index (χ2v) is 12.5. The van der Waals surface area contributed by atoms with E-state index in [9.17, 15) is 4.39 Å². The molecule has 0 saturated carbocycles. The first-order chi connectivity index (χ1) is 21.5. The first kappa shape index (κ1) is 33.7. The predicted octanol–water partition coefficient (Wildman–Crippen LogP) is 8.23. The summed E-state index contributed by atoms with van der Waals surface area (Å²) in [5.74, 6) is 1.12. The fourth-order valence-corrected chi connectivity index (χ4v) is 5.41. The van der Waals surface area contributed by atoms with Crippen molar-refractivity contribution in [2.75, 3.05) is 21.3 Å². The van der Waals surface area contributed by atoms with E-state index in [1.54, 1.807) is 26.4 Å². The minimum atomic E-state index is -0.366. The summed E-state index contributed by atoms with van der Waals surface area (Å²) in [5, 5.41) is 8.86. The van der Waals surface area contributed by atoms with Crippen molar-refractivity contribution in [2.24, 2.45) is 16.3 Å². The summed E-state index contributed by atoms with van der Waals surface area (Å²) in [7, 11) is 5.06. The van der Waals surface area contributed by atoms with Gasteiger partial charge in [-0.25, -0.2) is 14.4 Å². The summed E-state index contributed by atoms with van der Waals surface area (Å²) >= 11 is 0. The Kier molecular flexibility index (Phi) is 11.4. The molecule has 1 heterocycles. The van der Waals surface area contributed by atoms with Crippen LogP contribution in [0.15, 0.2) is 77.3 Å². The molecule has 1 aliphatic carbocycles. The van der Waals surface area contributed by atoms with Gasteiger partial charge in [0.1, 0.15) is 29.8 Å². The van der Waals surface area contributed by atoms with Crippen LogP contribution in [0, 0.1) is 22.6 Å². The molecule has 2 aromatic carbocycles. The standard InChI is InChI=1S/C37H45FN4O3/c1-24(13-14-26(17-25-11-9-8-10-12-25)18-35(40-5)37(2,3)4)31(39)20-27-19-28(15-16-30(27)38)45-36-29-21-33(43-6)34(44-7)22-32(29)41-23-42-36/h8-12,15-16,18-19,22-24,33,39H,13-14,17,20-21H2,1-7H3/b26-18-,39-31?,40-35?. The van der Waals surface area contributed by atoms with Crippen molar-refractivity contribution < 1.29 is 18.6 Å². The topological polar surface area (TPSA) is 89.7 Å². The molecule has 0 saturated heterocycles. The van der Waals surface area contributed by atoms with E-state index >= 15 is 0 Å². The molecule has 2 unspecified atom stereocenters. The zero-order chi connectivity index (χ0) is 32.6.